The number of fused-ring (bicyclic) bond motifs is 1. The van der Waals surface area contributed by atoms with E-state index in [1.54, 1.807) is 6.92 Å². The Hall–Kier alpha value is 0.00636. The third-order valence-electron chi connectivity index (χ3n) is 2.17. The van der Waals surface area contributed by atoms with Gasteiger partial charge < -0.3 is 0 Å². The molecule has 0 saturated heterocycles. The molecule has 14 heavy (non-hydrogen) atoms. The average molecular weight is 210 g/mol. The zero-order valence-electron chi connectivity index (χ0n) is 7.45. The topological polar surface area (TPSA) is 17.1 Å². The second-order valence-corrected chi connectivity index (χ2v) is 3.08. The molecule has 0 aromatic heterocycles. The molecule has 0 N–H and O–H groups in total. The van der Waals surface area contributed by atoms with Crippen molar-refractivity contribution in [1.82, 2.24) is 0 Å². The van der Waals surface area contributed by atoms with Crippen molar-refractivity contribution in [1.29, 1.82) is 0 Å². The van der Waals surface area contributed by atoms with E-state index in [9.17, 15) is 4.79 Å². The van der Waals surface area contributed by atoms with Gasteiger partial charge in [0.05, 0.1) is 0 Å². The molecule has 0 heterocycles. The van der Waals surface area contributed by atoms with Crippen molar-refractivity contribution >= 4 is 67.9 Å². The van der Waals surface area contributed by atoms with Crippen molar-refractivity contribution in [2.24, 2.45) is 0 Å². The Kier molecular flexibility index (Phi) is 4.48. The third-order valence-corrected chi connectivity index (χ3v) is 2.17. The van der Waals surface area contributed by atoms with Gasteiger partial charge in [-0.1, -0.05) is 42.5 Å². The van der Waals surface area contributed by atoms with Gasteiger partial charge in [0.2, 0.25) is 0 Å². The number of carbonyl (C=O) groups is 1. The molecule has 2 rings (SSSR count). The maximum absolute atomic E-state index is 11.3. The Morgan fingerprint density at radius 2 is 1.64 bits per heavy atom. The first-order valence-corrected chi connectivity index (χ1v) is 4.28. The molecular formula is C12H11KO. The summed E-state index contributed by atoms with van der Waals surface area (Å²) in [4.78, 5) is 11.3. The molecule has 0 spiro atoms. The molecule has 0 bridgehead atoms. The summed E-state index contributed by atoms with van der Waals surface area (Å²) in [7, 11) is 0. The van der Waals surface area contributed by atoms with E-state index >= 15 is 0 Å². The molecule has 0 aliphatic rings. The third kappa shape index (κ3) is 2.33. The summed E-state index contributed by atoms with van der Waals surface area (Å²) in [5, 5.41) is 2.16. The van der Waals surface area contributed by atoms with Gasteiger partial charge in [-0.15, -0.1) is 0 Å². The second-order valence-electron chi connectivity index (χ2n) is 3.08. The van der Waals surface area contributed by atoms with E-state index in [1.807, 2.05) is 42.5 Å². The normalized spacial score (nSPS) is 9.50. The van der Waals surface area contributed by atoms with Crippen molar-refractivity contribution in [3.63, 3.8) is 0 Å². The van der Waals surface area contributed by atoms with Gasteiger partial charge in [-0.05, 0) is 17.7 Å². The van der Waals surface area contributed by atoms with E-state index in [4.69, 9.17) is 0 Å². The number of ketones is 1. The van der Waals surface area contributed by atoms with Gasteiger partial charge in [0.25, 0.3) is 0 Å². The van der Waals surface area contributed by atoms with Gasteiger partial charge in [0.15, 0.2) is 5.78 Å². The number of hydrogen-bond donors (Lipinski definition) is 0. The van der Waals surface area contributed by atoms with Crippen molar-refractivity contribution in [2.75, 3.05) is 0 Å². The Bertz CT molecular complexity index is 457. The average Bonchev–Trinajstić information content (AvgIpc) is 2.17. The van der Waals surface area contributed by atoms with Crippen LogP contribution < -0.4 is 0 Å². The quantitative estimate of drug-likeness (QED) is 0.522. The van der Waals surface area contributed by atoms with Crippen LogP contribution in [0.3, 0.4) is 0 Å². The predicted molar refractivity (Wildman–Crippen MR) is 61.1 cm³/mol. The molecular weight excluding hydrogens is 199 g/mol. The molecule has 0 unspecified atom stereocenters. The van der Waals surface area contributed by atoms with E-state index in [1.165, 1.54) is 0 Å². The fourth-order valence-electron chi connectivity index (χ4n) is 1.53. The summed E-state index contributed by atoms with van der Waals surface area (Å²) >= 11 is 0. The molecule has 0 amide bonds. The minimum atomic E-state index is 0. The molecule has 0 atom stereocenters. The first-order chi connectivity index (χ1) is 6.29. The van der Waals surface area contributed by atoms with Crippen LogP contribution in [-0.2, 0) is 0 Å². The van der Waals surface area contributed by atoms with Crippen molar-refractivity contribution in [3.05, 3.63) is 48.0 Å². The number of Topliss-reactive ketones (excluding diaryl/α,β-unsaturated/α-hetero) is 1. The molecule has 0 radical (unpaired) electrons. The molecule has 0 fully saturated rings. The molecule has 2 aromatic rings. The van der Waals surface area contributed by atoms with Crippen molar-refractivity contribution in [3.8, 4) is 0 Å². The van der Waals surface area contributed by atoms with Gasteiger partial charge in [-0.25, -0.2) is 0 Å². The number of hydrogen-bond acceptors (Lipinski definition) is 1. The van der Waals surface area contributed by atoms with Crippen LogP contribution in [0.5, 0.6) is 0 Å². The van der Waals surface area contributed by atoms with E-state index < -0.39 is 0 Å². The number of carbonyl (C=O) groups excluding carboxylic acids is 1. The fraction of sp³-hybridized carbons (Fsp3) is 0.0833. The van der Waals surface area contributed by atoms with E-state index in [0.29, 0.717) is 0 Å². The summed E-state index contributed by atoms with van der Waals surface area (Å²) in [6.45, 7) is 1.60. The predicted octanol–water partition coefficient (Wildman–Crippen LogP) is 2.39. The van der Waals surface area contributed by atoms with Crippen LogP contribution in [0.1, 0.15) is 17.3 Å². The standard InChI is InChI=1S/C12H10O.K.H/c1-9(13)11-8-4-6-10-5-2-3-7-12(10)11;;/h2-8H,1H3;;. The molecule has 0 aliphatic heterocycles. The zero-order chi connectivity index (χ0) is 9.26. The van der Waals surface area contributed by atoms with Crippen LogP contribution in [0.25, 0.3) is 10.8 Å². The van der Waals surface area contributed by atoms with E-state index in [2.05, 4.69) is 0 Å². The Balaban J connectivity index is 0.000000980. The molecule has 0 aliphatic carbocycles. The van der Waals surface area contributed by atoms with Gasteiger partial charge >= 0.3 is 51.4 Å². The second kappa shape index (κ2) is 5.19. The van der Waals surface area contributed by atoms with Gasteiger partial charge in [-0.3, -0.25) is 4.79 Å². The first-order valence-electron chi connectivity index (χ1n) is 4.28. The van der Waals surface area contributed by atoms with Crippen molar-refractivity contribution in [2.45, 2.75) is 6.92 Å². The molecule has 0 saturated carbocycles. The summed E-state index contributed by atoms with van der Waals surface area (Å²) in [6, 6.07) is 13.7. The number of benzene rings is 2. The van der Waals surface area contributed by atoms with Crippen LogP contribution in [0.2, 0.25) is 0 Å². The fourth-order valence-corrected chi connectivity index (χ4v) is 1.53. The Labute approximate surface area is 126 Å². The van der Waals surface area contributed by atoms with Crippen LogP contribution in [0.15, 0.2) is 42.5 Å². The van der Waals surface area contributed by atoms with Crippen LogP contribution >= 0.6 is 0 Å². The molecule has 2 aromatic carbocycles. The Morgan fingerprint density at radius 1 is 1.00 bits per heavy atom. The first kappa shape index (κ1) is 12.1. The summed E-state index contributed by atoms with van der Waals surface area (Å²) in [6.07, 6.45) is 0. The Morgan fingerprint density at radius 3 is 2.36 bits per heavy atom. The SMILES string of the molecule is CC(=O)c1cccc2ccccc12.[KH]. The monoisotopic (exact) mass is 210 g/mol. The van der Waals surface area contributed by atoms with Crippen LogP contribution in [0.4, 0.5) is 0 Å². The van der Waals surface area contributed by atoms with Crippen molar-refractivity contribution < 1.29 is 4.79 Å². The number of rotatable bonds is 1. The van der Waals surface area contributed by atoms with Gasteiger partial charge in [0, 0.05) is 5.56 Å². The summed E-state index contributed by atoms with van der Waals surface area (Å²) in [5.74, 6) is 0.122. The van der Waals surface area contributed by atoms with Crippen LogP contribution in [0, 0.1) is 0 Å². The van der Waals surface area contributed by atoms with E-state index in [0.717, 1.165) is 16.3 Å². The summed E-state index contributed by atoms with van der Waals surface area (Å²) in [5.41, 5.74) is 0.804. The summed E-state index contributed by atoms with van der Waals surface area (Å²) < 4.78 is 0. The minimum absolute atomic E-state index is 0. The van der Waals surface area contributed by atoms with E-state index in [-0.39, 0.29) is 57.2 Å². The zero-order valence-corrected chi connectivity index (χ0v) is 7.45. The maximum atomic E-state index is 11.3. The van der Waals surface area contributed by atoms with Gasteiger partial charge in [0.1, 0.15) is 0 Å². The molecule has 66 valence electrons. The van der Waals surface area contributed by atoms with Crippen LogP contribution in [-0.4, -0.2) is 57.2 Å². The molecule has 2 heteroatoms. The molecule has 1 nitrogen and oxygen atoms in total. The van der Waals surface area contributed by atoms with Gasteiger partial charge in [-0.2, -0.15) is 0 Å².